The van der Waals surface area contributed by atoms with E-state index in [0.29, 0.717) is 22.9 Å². The number of nitro groups is 1. The van der Waals surface area contributed by atoms with Crippen molar-refractivity contribution in [3.8, 4) is 22.9 Å². The van der Waals surface area contributed by atoms with Gasteiger partial charge in [-0.05, 0) is 73.7 Å². The summed E-state index contributed by atoms with van der Waals surface area (Å²) in [7, 11) is 0. The van der Waals surface area contributed by atoms with Gasteiger partial charge in [-0.1, -0.05) is 75.9 Å². The zero-order valence-corrected chi connectivity index (χ0v) is 25.3. The molecule has 2 N–H and O–H groups in total. The molecule has 4 aromatic carbocycles. The van der Waals surface area contributed by atoms with Gasteiger partial charge in [0.15, 0.2) is 11.2 Å². The third-order valence-electron chi connectivity index (χ3n) is 7.61. The highest BCUT2D eigenvalue weighted by atomic mass is 16.6. The molecule has 2 heterocycles. The van der Waals surface area contributed by atoms with Crippen LogP contribution in [0, 0.1) is 10.1 Å². The Bertz CT molecular complexity index is 1790. The quantitative estimate of drug-likeness (QED) is 0.0689. The largest absolute Gasteiger partial charge is 0.436 e. The van der Waals surface area contributed by atoms with Gasteiger partial charge in [-0.2, -0.15) is 0 Å². The Kier molecular flexibility index (Phi) is 10.0. The van der Waals surface area contributed by atoms with E-state index in [-0.39, 0.29) is 10.6 Å². The number of aryl methyl sites for hydroxylation is 2. The van der Waals surface area contributed by atoms with Gasteiger partial charge in [0.2, 0.25) is 11.8 Å². The summed E-state index contributed by atoms with van der Waals surface area (Å²) >= 11 is 0. The number of nitro benzene ring substituents is 1. The Morgan fingerprint density at radius 2 is 1.18 bits per heavy atom. The summed E-state index contributed by atoms with van der Waals surface area (Å²) in [6.07, 6.45) is 8.53. The lowest BCUT2D eigenvalue weighted by Gasteiger charge is -2.06. The Morgan fingerprint density at radius 1 is 0.682 bits per heavy atom. The van der Waals surface area contributed by atoms with Gasteiger partial charge in [0.05, 0.1) is 4.92 Å². The Balaban J connectivity index is 0.000000175. The van der Waals surface area contributed by atoms with E-state index >= 15 is 0 Å². The number of oxazole rings is 2. The summed E-state index contributed by atoms with van der Waals surface area (Å²) in [5, 5.41) is 11.4. The van der Waals surface area contributed by atoms with E-state index in [1.807, 2.05) is 72.8 Å². The highest BCUT2D eigenvalue weighted by Crippen LogP contribution is 2.30. The average Bonchev–Trinajstić information content (AvgIpc) is 3.67. The summed E-state index contributed by atoms with van der Waals surface area (Å²) in [4.78, 5) is 19.9. The fraction of sp³-hybridized carbons (Fsp3) is 0.278. The van der Waals surface area contributed by atoms with Crippen LogP contribution in [0.1, 0.15) is 63.5 Å². The van der Waals surface area contributed by atoms with Crippen LogP contribution >= 0.6 is 0 Å². The second kappa shape index (κ2) is 14.5. The first-order chi connectivity index (χ1) is 21.5. The second-order valence-electron chi connectivity index (χ2n) is 10.9. The summed E-state index contributed by atoms with van der Waals surface area (Å²) in [6.45, 7) is 4.32. The fourth-order valence-electron chi connectivity index (χ4n) is 5.16. The molecule has 0 saturated heterocycles. The summed E-state index contributed by atoms with van der Waals surface area (Å²) < 4.78 is 11.5. The zero-order chi connectivity index (χ0) is 30.9. The van der Waals surface area contributed by atoms with E-state index in [0.717, 1.165) is 65.5 Å². The number of fused-ring (bicyclic) bond motifs is 2. The van der Waals surface area contributed by atoms with Crippen molar-refractivity contribution in [2.75, 3.05) is 5.73 Å². The molecule has 0 fully saturated rings. The summed E-state index contributed by atoms with van der Waals surface area (Å²) in [5.41, 5.74) is 13.8. The molecular weight excluding hydrogens is 552 g/mol. The van der Waals surface area contributed by atoms with Crippen LogP contribution in [0.2, 0.25) is 0 Å². The van der Waals surface area contributed by atoms with Crippen molar-refractivity contribution in [1.82, 2.24) is 9.97 Å². The first-order valence-electron chi connectivity index (χ1n) is 15.3. The van der Waals surface area contributed by atoms with Crippen LogP contribution in [0.15, 0.2) is 93.8 Å². The van der Waals surface area contributed by atoms with Crippen molar-refractivity contribution in [2.24, 2.45) is 0 Å². The van der Waals surface area contributed by atoms with E-state index in [4.69, 9.17) is 14.6 Å². The summed E-state index contributed by atoms with van der Waals surface area (Å²) in [6, 6.07) is 26.5. The molecule has 8 nitrogen and oxygen atoms in total. The molecule has 0 radical (unpaired) electrons. The van der Waals surface area contributed by atoms with Crippen molar-refractivity contribution in [2.45, 2.75) is 65.2 Å². The highest BCUT2D eigenvalue weighted by molar-refractivity contribution is 5.77. The van der Waals surface area contributed by atoms with Gasteiger partial charge in [-0.15, -0.1) is 0 Å². The van der Waals surface area contributed by atoms with E-state index in [9.17, 15) is 10.1 Å². The molecule has 6 rings (SSSR count). The lowest BCUT2D eigenvalue weighted by molar-refractivity contribution is -0.385. The monoisotopic (exact) mass is 590 g/mol. The minimum absolute atomic E-state index is 0.140. The van der Waals surface area contributed by atoms with Crippen molar-refractivity contribution in [3.63, 3.8) is 0 Å². The fourth-order valence-corrected chi connectivity index (χ4v) is 5.16. The molecule has 0 aliphatic rings. The van der Waals surface area contributed by atoms with Gasteiger partial charge in [-0.3, -0.25) is 10.1 Å². The van der Waals surface area contributed by atoms with Gasteiger partial charge in [0, 0.05) is 28.4 Å². The molecule has 2 aromatic heterocycles. The van der Waals surface area contributed by atoms with Crippen LogP contribution in [0.4, 0.5) is 11.4 Å². The molecular formula is C36H38N4O4. The van der Waals surface area contributed by atoms with Gasteiger partial charge in [-0.25, -0.2) is 9.97 Å². The number of nitrogens with zero attached hydrogens (tertiary/aromatic N) is 3. The molecule has 0 spiro atoms. The molecule has 44 heavy (non-hydrogen) atoms. The van der Waals surface area contributed by atoms with Crippen LogP contribution in [-0.4, -0.2) is 14.9 Å². The molecule has 0 aliphatic carbocycles. The molecule has 8 heteroatoms. The van der Waals surface area contributed by atoms with E-state index in [2.05, 4.69) is 29.9 Å². The molecule has 0 bridgehead atoms. The number of benzene rings is 4. The number of rotatable bonds is 11. The maximum Gasteiger partial charge on any atom is 0.273 e. The van der Waals surface area contributed by atoms with Gasteiger partial charge < -0.3 is 14.6 Å². The first kappa shape index (κ1) is 30.5. The number of anilines is 1. The third-order valence-corrected chi connectivity index (χ3v) is 7.61. The van der Waals surface area contributed by atoms with Gasteiger partial charge in [0.25, 0.3) is 5.69 Å². The van der Waals surface area contributed by atoms with Crippen LogP contribution in [0.25, 0.3) is 45.1 Å². The molecule has 0 amide bonds. The lowest BCUT2D eigenvalue weighted by Crippen LogP contribution is -1.96. The molecule has 0 atom stereocenters. The van der Waals surface area contributed by atoms with Gasteiger partial charge >= 0.3 is 0 Å². The average molecular weight is 591 g/mol. The number of hydrogen-bond acceptors (Lipinski definition) is 7. The number of aromatic nitrogens is 2. The smallest absolute Gasteiger partial charge is 0.273 e. The zero-order valence-electron chi connectivity index (χ0n) is 25.3. The van der Waals surface area contributed by atoms with E-state index in [1.54, 1.807) is 6.07 Å². The van der Waals surface area contributed by atoms with Crippen molar-refractivity contribution in [1.29, 1.82) is 0 Å². The maximum absolute atomic E-state index is 11.4. The number of nitrogen functional groups attached to an aromatic ring is 1. The van der Waals surface area contributed by atoms with Crippen LogP contribution in [0.3, 0.4) is 0 Å². The number of hydrogen-bond donors (Lipinski definition) is 1. The standard InChI is InChI=1S/C18H18N2O3.C18H20N2O/c1-2-3-4-7-13-10-11-14(12-16(13)20(21)22)18-19-15-8-5-6-9-17(15)23-18;1-2-3-4-7-13-10-11-14(12-15(13)19)18-20-16-8-5-6-9-17(16)21-18/h5-6,8-12H,2-4,7H2,1H3;5-6,8-12H,2-4,7,19H2,1H3. The molecule has 0 aliphatic heterocycles. The van der Waals surface area contributed by atoms with Crippen molar-refractivity contribution in [3.05, 3.63) is 106 Å². The highest BCUT2D eigenvalue weighted by Gasteiger charge is 2.17. The van der Waals surface area contributed by atoms with Crippen LogP contribution in [-0.2, 0) is 12.8 Å². The topological polar surface area (TPSA) is 121 Å². The Hall–Kier alpha value is -4.98. The summed E-state index contributed by atoms with van der Waals surface area (Å²) in [5.74, 6) is 1.04. The van der Waals surface area contributed by atoms with Crippen LogP contribution in [0.5, 0.6) is 0 Å². The number of para-hydroxylation sites is 4. The van der Waals surface area contributed by atoms with E-state index in [1.165, 1.54) is 24.8 Å². The van der Waals surface area contributed by atoms with E-state index < -0.39 is 0 Å². The van der Waals surface area contributed by atoms with Gasteiger partial charge in [0.1, 0.15) is 11.0 Å². The predicted molar refractivity (Wildman–Crippen MR) is 176 cm³/mol. The molecule has 226 valence electrons. The minimum atomic E-state index is -0.326. The van der Waals surface area contributed by atoms with Crippen molar-refractivity contribution >= 4 is 33.6 Å². The predicted octanol–water partition coefficient (Wildman–Crippen LogP) is 9.95. The molecule has 6 aromatic rings. The first-order valence-corrected chi connectivity index (χ1v) is 15.3. The molecule has 0 saturated carbocycles. The minimum Gasteiger partial charge on any atom is -0.436 e. The molecule has 0 unspecified atom stereocenters. The Morgan fingerprint density at radius 3 is 1.68 bits per heavy atom. The Labute approximate surface area is 257 Å². The second-order valence-corrected chi connectivity index (χ2v) is 10.9. The third kappa shape index (κ3) is 7.32. The normalized spacial score (nSPS) is 11.0. The lowest BCUT2D eigenvalue weighted by atomic mass is 10.0. The van der Waals surface area contributed by atoms with Crippen molar-refractivity contribution < 1.29 is 13.8 Å². The number of nitrogens with two attached hydrogens (primary N) is 1. The van der Waals surface area contributed by atoms with Crippen LogP contribution < -0.4 is 5.73 Å². The maximum atomic E-state index is 11.4. The SMILES string of the molecule is CCCCCc1ccc(-c2nc3ccccc3o2)cc1N.CCCCCc1ccc(-c2nc3ccccc3o2)cc1[N+](=O)[O-]. The number of unbranched alkanes of at least 4 members (excludes halogenated alkanes) is 4.